The standard InChI is InChI=1S/C10H13NO4S/c1-6(2)5-15-10(14)11-8-7(9(12)13)3-4-16-8/h3-4,6H,5H2,1-2H3,(H,11,14)(H,12,13). The smallest absolute Gasteiger partial charge is 0.412 e. The number of anilines is 1. The summed E-state index contributed by atoms with van der Waals surface area (Å²) < 4.78 is 4.88. The third-order valence-corrected chi connectivity index (χ3v) is 2.49. The Kier molecular flexibility index (Phi) is 4.30. The van der Waals surface area contributed by atoms with Gasteiger partial charge in [-0.25, -0.2) is 9.59 Å². The second-order valence-corrected chi connectivity index (χ2v) is 4.50. The van der Waals surface area contributed by atoms with E-state index >= 15 is 0 Å². The highest BCUT2D eigenvalue weighted by atomic mass is 32.1. The highest BCUT2D eigenvalue weighted by Crippen LogP contribution is 2.23. The van der Waals surface area contributed by atoms with Crippen LogP contribution in [0.15, 0.2) is 11.4 Å². The quantitative estimate of drug-likeness (QED) is 0.852. The summed E-state index contributed by atoms with van der Waals surface area (Å²) in [6.07, 6.45) is -0.626. The molecule has 0 radical (unpaired) electrons. The molecule has 1 aromatic rings. The van der Waals surface area contributed by atoms with Crippen molar-refractivity contribution in [3.8, 4) is 0 Å². The van der Waals surface area contributed by atoms with Gasteiger partial charge in [0.05, 0.1) is 12.2 Å². The van der Waals surface area contributed by atoms with Crippen LogP contribution >= 0.6 is 11.3 Å². The van der Waals surface area contributed by atoms with E-state index in [0.29, 0.717) is 11.6 Å². The van der Waals surface area contributed by atoms with E-state index in [1.807, 2.05) is 13.8 Å². The molecule has 6 heteroatoms. The van der Waals surface area contributed by atoms with Gasteiger partial charge in [0.25, 0.3) is 0 Å². The van der Waals surface area contributed by atoms with E-state index < -0.39 is 12.1 Å². The van der Waals surface area contributed by atoms with E-state index in [1.54, 1.807) is 5.38 Å². The normalized spacial score (nSPS) is 10.2. The number of nitrogens with one attached hydrogen (secondary N) is 1. The summed E-state index contributed by atoms with van der Waals surface area (Å²) in [5, 5.41) is 13.1. The van der Waals surface area contributed by atoms with E-state index in [9.17, 15) is 9.59 Å². The second-order valence-electron chi connectivity index (χ2n) is 3.59. The minimum atomic E-state index is -1.07. The number of aromatic carboxylic acids is 1. The van der Waals surface area contributed by atoms with Crippen molar-refractivity contribution in [2.75, 3.05) is 11.9 Å². The van der Waals surface area contributed by atoms with Gasteiger partial charge in [-0.05, 0) is 17.4 Å². The average molecular weight is 243 g/mol. The molecule has 0 unspecified atom stereocenters. The van der Waals surface area contributed by atoms with E-state index in [-0.39, 0.29) is 11.5 Å². The number of thiophene rings is 1. The van der Waals surface area contributed by atoms with Gasteiger partial charge in [-0.3, -0.25) is 5.32 Å². The van der Waals surface area contributed by atoms with Gasteiger partial charge in [0.15, 0.2) is 0 Å². The van der Waals surface area contributed by atoms with Gasteiger partial charge in [-0.1, -0.05) is 13.8 Å². The summed E-state index contributed by atoms with van der Waals surface area (Å²) in [6.45, 7) is 4.14. The number of amides is 1. The molecule has 5 nitrogen and oxygen atoms in total. The summed E-state index contributed by atoms with van der Waals surface area (Å²) in [4.78, 5) is 22.0. The Morgan fingerprint density at radius 2 is 2.25 bits per heavy atom. The van der Waals surface area contributed by atoms with Gasteiger partial charge >= 0.3 is 12.1 Å². The molecule has 1 amide bonds. The molecule has 1 aromatic heterocycles. The molecule has 1 heterocycles. The Bertz CT molecular complexity index is 386. The van der Waals surface area contributed by atoms with Gasteiger partial charge < -0.3 is 9.84 Å². The minimum absolute atomic E-state index is 0.0755. The molecule has 0 aliphatic heterocycles. The molecular weight excluding hydrogens is 230 g/mol. The van der Waals surface area contributed by atoms with Crippen molar-refractivity contribution in [1.29, 1.82) is 0 Å². The average Bonchev–Trinajstić information content (AvgIpc) is 2.62. The molecule has 0 bridgehead atoms. The summed E-state index contributed by atoms with van der Waals surface area (Å²) in [5.41, 5.74) is 0.0755. The molecule has 0 aromatic carbocycles. The maximum atomic E-state index is 11.3. The molecule has 2 N–H and O–H groups in total. The fourth-order valence-electron chi connectivity index (χ4n) is 0.946. The van der Waals surface area contributed by atoms with E-state index in [2.05, 4.69) is 5.32 Å². The summed E-state index contributed by atoms with van der Waals surface area (Å²) >= 11 is 1.15. The van der Waals surface area contributed by atoms with Crippen molar-refractivity contribution in [2.45, 2.75) is 13.8 Å². The first kappa shape index (κ1) is 12.5. The molecule has 0 aliphatic carbocycles. The Hall–Kier alpha value is -1.56. The first-order valence-corrected chi connectivity index (χ1v) is 5.63. The second kappa shape index (κ2) is 5.50. The van der Waals surface area contributed by atoms with Crippen molar-refractivity contribution >= 4 is 28.4 Å². The van der Waals surface area contributed by atoms with Crippen LogP contribution in [-0.4, -0.2) is 23.8 Å². The van der Waals surface area contributed by atoms with Crippen LogP contribution in [0.1, 0.15) is 24.2 Å². The Balaban J connectivity index is 2.56. The van der Waals surface area contributed by atoms with Gasteiger partial charge in [0.1, 0.15) is 5.00 Å². The number of carbonyl (C=O) groups excluding carboxylic acids is 1. The van der Waals surface area contributed by atoms with Crippen LogP contribution in [0.3, 0.4) is 0 Å². The molecule has 1 rings (SSSR count). The predicted octanol–water partition coefficient (Wildman–Crippen LogP) is 2.65. The largest absolute Gasteiger partial charge is 0.478 e. The molecule has 0 aliphatic rings. The van der Waals surface area contributed by atoms with Crippen molar-refractivity contribution in [1.82, 2.24) is 0 Å². The van der Waals surface area contributed by atoms with Gasteiger partial charge in [-0.2, -0.15) is 0 Å². The van der Waals surface area contributed by atoms with Crippen molar-refractivity contribution in [2.24, 2.45) is 5.92 Å². The predicted molar refractivity (Wildman–Crippen MR) is 61.1 cm³/mol. The highest BCUT2D eigenvalue weighted by molar-refractivity contribution is 7.14. The van der Waals surface area contributed by atoms with Crippen molar-refractivity contribution < 1.29 is 19.4 Å². The van der Waals surface area contributed by atoms with Crippen LogP contribution in [0.2, 0.25) is 0 Å². The third kappa shape index (κ3) is 3.54. The minimum Gasteiger partial charge on any atom is -0.478 e. The van der Waals surface area contributed by atoms with E-state index in [4.69, 9.17) is 9.84 Å². The molecule has 0 spiro atoms. The number of carboxylic acid groups (broad SMARTS) is 1. The highest BCUT2D eigenvalue weighted by Gasteiger charge is 2.14. The lowest BCUT2D eigenvalue weighted by Gasteiger charge is -2.07. The van der Waals surface area contributed by atoms with Crippen molar-refractivity contribution in [3.05, 3.63) is 17.0 Å². The first-order chi connectivity index (χ1) is 7.50. The number of ether oxygens (including phenoxy) is 1. The van der Waals surface area contributed by atoms with Crippen LogP contribution < -0.4 is 5.32 Å². The number of hydrogen-bond acceptors (Lipinski definition) is 4. The summed E-state index contributed by atoms with van der Waals surface area (Å²) in [5.74, 6) is -0.826. The Morgan fingerprint density at radius 1 is 1.56 bits per heavy atom. The van der Waals surface area contributed by atoms with Crippen LogP contribution in [0.5, 0.6) is 0 Å². The molecule has 88 valence electrons. The van der Waals surface area contributed by atoms with Gasteiger partial charge in [-0.15, -0.1) is 11.3 Å². The van der Waals surface area contributed by atoms with Crippen LogP contribution in [-0.2, 0) is 4.74 Å². The zero-order valence-electron chi connectivity index (χ0n) is 9.02. The topological polar surface area (TPSA) is 75.6 Å². The van der Waals surface area contributed by atoms with E-state index in [1.165, 1.54) is 6.07 Å². The molecule has 0 fully saturated rings. The maximum absolute atomic E-state index is 11.3. The first-order valence-electron chi connectivity index (χ1n) is 4.75. The Morgan fingerprint density at radius 3 is 2.81 bits per heavy atom. The maximum Gasteiger partial charge on any atom is 0.412 e. The Labute approximate surface area is 97.0 Å². The number of rotatable bonds is 4. The van der Waals surface area contributed by atoms with Gasteiger partial charge in [0, 0.05) is 0 Å². The number of hydrogen-bond donors (Lipinski definition) is 2. The fraction of sp³-hybridized carbons (Fsp3) is 0.400. The molecule has 0 saturated carbocycles. The lowest BCUT2D eigenvalue weighted by atomic mass is 10.2. The summed E-state index contributed by atoms with van der Waals surface area (Å²) in [6, 6.07) is 1.44. The van der Waals surface area contributed by atoms with Crippen molar-refractivity contribution in [3.63, 3.8) is 0 Å². The third-order valence-electron chi connectivity index (χ3n) is 1.66. The fourth-order valence-corrected chi connectivity index (χ4v) is 1.71. The zero-order chi connectivity index (χ0) is 12.1. The van der Waals surface area contributed by atoms with E-state index in [0.717, 1.165) is 11.3 Å². The number of carbonyl (C=O) groups is 2. The molecule has 0 saturated heterocycles. The lowest BCUT2D eigenvalue weighted by molar-refractivity contribution is 0.0698. The SMILES string of the molecule is CC(C)COC(=O)Nc1sccc1C(=O)O. The van der Waals surface area contributed by atoms with Gasteiger partial charge in [0.2, 0.25) is 0 Å². The zero-order valence-corrected chi connectivity index (χ0v) is 9.84. The van der Waals surface area contributed by atoms with Crippen LogP contribution in [0.25, 0.3) is 0 Å². The summed E-state index contributed by atoms with van der Waals surface area (Å²) in [7, 11) is 0. The van der Waals surface area contributed by atoms with Crippen LogP contribution in [0, 0.1) is 5.92 Å². The molecule has 16 heavy (non-hydrogen) atoms. The monoisotopic (exact) mass is 243 g/mol. The molecule has 0 atom stereocenters. The number of carboxylic acids is 1. The van der Waals surface area contributed by atoms with Crippen LogP contribution in [0.4, 0.5) is 9.80 Å². The molecular formula is C10H13NO4S. The lowest BCUT2D eigenvalue weighted by Crippen LogP contribution is -2.17.